The standard InChI is InChI=1S/C32H33N3O4/c1-2-3-19-35(29-16-10-9-15-27(29)31(36)37)24-17-18-28-30(20-24)34(21-33-28)22-39-32(38)26-14-8-7-13-25(26)23-11-5-4-6-12-23/h4-8,11-14,17-18,20-21H,2-3,9-10,15-16,19,22H2,1H3,(H,36,37). The van der Waals surface area contributed by atoms with Crippen molar-refractivity contribution in [3.63, 3.8) is 0 Å². The van der Waals surface area contributed by atoms with Gasteiger partial charge in [-0.2, -0.15) is 0 Å². The molecule has 0 spiro atoms. The Bertz CT molecular complexity index is 1510. The van der Waals surface area contributed by atoms with Gasteiger partial charge in [0.05, 0.1) is 28.5 Å². The van der Waals surface area contributed by atoms with Crippen molar-refractivity contribution in [3.8, 4) is 11.1 Å². The summed E-state index contributed by atoms with van der Waals surface area (Å²) in [4.78, 5) is 31.8. The third-order valence-electron chi connectivity index (χ3n) is 7.24. The maximum Gasteiger partial charge on any atom is 0.340 e. The van der Waals surface area contributed by atoms with Crippen molar-refractivity contribution >= 4 is 28.7 Å². The fourth-order valence-electron chi connectivity index (χ4n) is 5.21. The Morgan fingerprint density at radius 3 is 2.56 bits per heavy atom. The van der Waals surface area contributed by atoms with Crippen LogP contribution < -0.4 is 4.90 Å². The van der Waals surface area contributed by atoms with Crippen LogP contribution in [0.15, 0.2) is 90.4 Å². The molecule has 7 nitrogen and oxygen atoms in total. The van der Waals surface area contributed by atoms with Gasteiger partial charge in [0, 0.05) is 17.9 Å². The van der Waals surface area contributed by atoms with Crippen molar-refractivity contribution in [3.05, 3.63) is 96.0 Å². The van der Waals surface area contributed by atoms with E-state index in [1.807, 2.05) is 71.3 Å². The SMILES string of the molecule is CCCCN(C1=C(C(=O)O)CCCC1)c1ccc2ncn(COC(=O)c3ccccc3-c3ccccc3)c2c1. The minimum absolute atomic E-state index is 0.0138. The summed E-state index contributed by atoms with van der Waals surface area (Å²) in [5, 5.41) is 9.87. The Morgan fingerprint density at radius 2 is 1.77 bits per heavy atom. The van der Waals surface area contributed by atoms with Gasteiger partial charge in [0.2, 0.25) is 0 Å². The number of aliphatic carboxylic acids is 1. The summed E-state index contributed by atoms with van der Waals surface area (Å²) in [7, 11) is 0. The molecule has 0 atom stereocenters. The fourth-order valence-corrected chi connectivity index (χ4v) is 5.21. The zero-order chi connectivity index (χ0) is 27.2. The summed E-state index contributed by atoms with van der Waals surface area (Å²) in [5.41, 5.74) is 6.22. The van der Waals surface area contributed by atoms with Crippen LogP contribution in [0.1, 0.15) is 55.8 Å². The molecule has 0 unspecified atom stereocenters. The molecule has 0 saturated heterocycles. The number of imidazole rings is 1. The Hall–Kier alpha value is -4.39. The van der Waals surface area contributed by atoms with Crippen molar-refractivity contribution in [1.29, 1.82) is 0 Å². The van der Waals surface area contributed by atoms with Crippen LogP contribution in [0.4, 0.5) is 5.69 Å². The minimum atomic E-state index is -0.833. The number of nitrogens with zero attached hydrogens (tertiary/aromatic N) is 3. The fraction of sp³-hybridized carbons (Fsp3) is 0.281. The first-order chi connectivity index (χ1) is 19.1. The molecule has 0 amide bonds. The molecule has 1 aromatic heterocycles. The van der Waals surface area contributed by atoms with Gasteiger partial charge in [0.25, 0.3) is 0 Å². The molecule has 1 heterocycles. The smallest absolute Gasteiger partial charge is 0.340 e. The van der Waals surface area contributed by atoms with E-state index in [0.717, 1.165) is 72.2 Å². The van der Waals surface area contributed by atoms with Crippen molar-refractivity contribution in [2.24, 2.45) is 0 Å². The molecule has 1 N–H and O–H groups in total. The van der Waals surface area contributed by atoms with Gasteiger partial charge in [-0.15, -0.1) is 0 Å². The number of carboxylic acids is 1. The normalized spacial score (nSPS) is 13.5. The molecule has 7 heteroatoms. The number of rotatable bonds is 10. The number of hydrogen-bond donors (Lipinski definition) is 1. The van der Waals surface area contributed by atoms with E-state index in [4.69, 9.17) is 4.74 Å². The van der Waals surface area contributed by atoms with E-state index < -0.39 is 11.9 Å². The molecular formula is C32H33N3O4. The summed E-state index contributed by atoms with van der Waals surface area (Å²) in [6, 6.07) is 23.2. The summed E-state index contributed by atoms with van der Waals surface area (Å²) in [6.45, 7) is 2.89. The Balaban J connectivity index is 1.42. The average molecular weight is 524 g/mol. The number of carbonyl (C=O) groups excluding carboxylic acids is 1. The van der Waals surface area contributed by atoms with E-state index in [9.17, 15) is 14.7 Å². The lowest BCUT2D eigenvalue weighted by Crippen LogP contribution is -2.28. The number of allylic oxidation sites excluding steroid dienone is 1. The third kappa shape index (κ3) is 5.72. The average Bonchev–Trinajstić information content (AvgIpc) is 3.39. The predicted molar refractivity (Wildman–Crippen MR) is 152 cm³/mol. The largest absolute Gasteiger partial charge is 0.478 e. The highest BCUT2D eigenvalue weighted by Gasteiger charge is 2.24. The number of benzene rings is 3. The van der Waals surface area contributed by atoms with Crippen LogP contribution in [0.5, 0.6) is 0 Å². The van der Waals surface area contributed by atoms with Gasteiger partial charge >= 0.3 is 11.9 Å². The maximum atomic E-state index is 13.1. The molecule has 1 aliphatic carbocycles. The van der Waals surface area contributed by atoms with Crippen LogP contribution in [0, 0.1) is 0 Å². The lowest BCUT2D eigenvalue weighted by Gasteiger charge is -2.31. The highest BCUT2D eigenvalue weighted by atomic mass is 16.5. The Labute approximate surface area is 228 Å². The van der Waals surface area contributed by atoms with Crippen molar-refractivity contribution in [2.45, 2.75) is 52.2 Å². The van der Waals surface area contributed by atoms with E-state index in [0.29, 0.717) is 17.6 Å². The van der Waals surface area contributed by atoms with Gasteiger partial charge < -0.3 is 14.7 Å². The summed E-state index contributed by atoms with van der Waals surface area (Å²) in [5.74, 6) is -1.24. The van der Waals surface area contributed by atoms with Crippen LogP contribution in [-0.4, -0.2) is 33.1 Å². The van der Waals surface area contributed by atoms with Crippen molar-refractivity contribution < 1.29 is 19.4 Å². The predicted octanol–water partition coefficient (Wildman–Crippen LogP) is 7.04. The first-order valence-corrected chi connectivity index (χ1v) is 13.6. The minimum Gasteiger partial charge on any atom is -0.478 e. The van der Waals surface area contributed by atoms with Crippen molar-refractivity contribution in [2.75, 3.05) is 11.4 Å². The molecule has 200 valence electrons. The second-order valence-corrected chi connectivity index (χ2v) is 9.80. The van der Waals surface area contributed by atoms with Crippen LogP contribution in [-0.2, 0) is 16.3 Å². The quantitative estimate of drug-likeness (QED) is 0.225. The van der Waals surface area contributed by atoms with E-state index >= 15 is 0 Å². The van der Waals surface area contributed by atoms with E-state index in [1.54, 1.807) is 12.4 Å². The summed E-state index contributed by atoms with van der Waals surface area (Å²) in [6.07, 6.45) is 6.85. The Kier molecular flexibility index (Phi) is 8.06. The van der Waals surface area contributed by atoms with Crippen molar-refractivity contribution in [1.82, 2.24) is 9.55 Å². The van der Waals surface area contributed by atoms with Crippen LogP contribution in [0.2, 0.25) is 0 Å². The molecule has 5 rings (SSSR count). The second kappa shape index (κ2) is 12.0. The highest BCUT2D eigenvalue weighted by molar-refractivity contribution is 5.97. The summed E-state index contributed by atoms with van der Waals surface area (Å²) < 4.78 is 7.57. The van der Waals surface area contributed by atoms with Gasteiger partial charge in [-0.1, -0.05) is 61.9 Å². The molecule has 0 saturated carbocycles. The lowest BCUT2D eigenvalue weighted by atomic mass is 9.94. The molecule has 0 aliphatic heterocycles. The molecule has 1 aliphatic rings. The van der Waals surface area contributed by atoms with Gasteiger partial charge in [0.15, 0.2) is 6.73 Å². The molecule has 3 aromatic carbocycles. The topological polar surface area (TPSA) is 84.7 Å². The molecule has 0 fully saturated rings. The number of unbranched alkanes of at least 4 members (excludes halogenated alkanes) is 1. The number of aromatic nitrogens is 2. The highest BCUT2D eigenvalue weighted by Crippen LogP contribution is 2.33. The first-order valence-electron chi connectivity index (χ1n) is 13.6. The van der Waals surface area contributed by atoms with E-state index in [-0.39, 0.29) is 6.73 Å². The Morgan fingerprint density at radius 1 is 1.00 bits per heavy atom. The van der Waals surface area contributed by atoms with Crippen LogP contribution in [0.25, 0.3) is 22.2 Å². The first kappa shape index (κ1) is 26.2. The number of anilines is 1. The zero-order valence-corrected chi connectivity index (χ0v) is 22.2. The molecular weight excluding hydrogens is 490 g/mol. The number of fused-ring (bicyclic) bond motifs is 1. The zero-order valence-electron chi connectivity index (χ0n) is 22.2. The van der Waals surface area contributed by atoms with E-state index in [1.165, 1.54) is 0 Å². The molecule has 4 aromatic rings. The summed E-state index contributed by atoms with van der Waals surface area (Å²) >= 11 is 0. The van der Waals surface area contributed by atoms with Gasteiger partial charge in [-0.3, -0.25) is 4.57 Å². The lowest BCUT2D eigenvalue weighted by molar-refractivity contribution is -0.133. The van der Waals surface area contributed by atoms with Crippen LogP contribution >= 0.6 is 0 Å². The second-order valence-electron chi connectivity index (χ2n) is 9.80. The van der Waals surface area contributed by atoms with Crippen LogP contribution in [0.3, 0.4) is 0 Å². The number of esters is 1. The number of carbonyl (C=O) groups is 2. The monoisotopic (exact) mass is 523 g/mol. The third-order valence-corrected chi connectivity index (χ3v) is 7.24. The van der Waals surface area contributed by atoms with Gasteiger partial charge in [0.1, 0.15) is 0 Å². The number of ether oxygens (including phenoxy) is 1. The number of carboxylic acid groups (broad SMARTS) is 1. The van der Waals surface area contributed by atoms with Gasteiger partial charge in [-0.25, -0.2) is 14.6 Å². The van der Waals surface area contributed by atoms with E-state index in [2.05, 4.69) is 16.8 Å². The molecule has 0 radical (unpaired) electrons. The maximum absolute atomic E-state index is 13.1. The van der Waals surface area contributed by atoms with Gasteiger partial charge in [-0.05, 0) is 67.5 Å². The molecule has 39 heavy (non-hydrogen) atoms. The molecule has 0 bridgehead atoms. The number of hydrogen-bond acceptors (Lipinski definition) is 5.